The van der Waals surface area contributed by atoms with Crippen molar-refractivity contribution < 1.29 is 15.0 Å². The highest BCUT2D eigenvalue weighted by Crippen LogP contribution is 2.45. The van der Waals surface area contributed by atoms with Crippen LogP contribution in [0.3, 0.4) is 0 Å². The zero-order valence-corrected chi connectivity index (χ0v) is 10.4. The Bertz CT molecular complexity index is 392. The molecule has 0 amide bonds. The maximum Gasteiger partial charge on any atom is 0.330 e. The lowest BCUT2D eigenvalue weighted by atomic mass is 9.75. The number of hydrogen-bond donors (Lipinski definition) is 2. The first-order valence-electron chi connectivity index (χ1n) is 6.29. The third-order valence-corrected chi connectivity index (χ3v) is 4.19. The molecule has 2 N–H and O–H groups in total. The van der Waals surface area contributed by atoms with Crippen molar-refractivity contribution >= 4 is 5.97 Å². The van der Waals surface area contributed by atoms with Crippen molar-refractivity contribution in [2.24, 2.45) is 11.8 Å². The summed E-state index contributed by atoms with van der Waals surface area (Å²) in [5.74, 6) is -0.495. The molecule has 1 saturated carbocycles. The molecule has 3 atom stereocenters. The van der Waals surface area contributed by atoms with Crippen molar-refractivity contribution in [2.45, 2.75) is 45.6 Å². The molecule has 0 aromatic heterocycles. The first-order chi connectivity index (χ1) is 8.00. The van der Waals surface area contributed by atoms with Crippen molar-refractivity contribution in [3.05, 3.63) is 22.8 Å². The molecule has 0 unspecified atom stereocenters. The number of fused-ring (bicyclic) bond motifs is 1. The van der Waals surface area contributed by atoms with Gasteiger partial charge in [0.2, 0.25) is 0 Å². The van der Waals surface area contributed by atoms with E-state index in [1.807, 2.05) is 6.08 Å². The van der Waals surface area contributed by atoms with E-state index in [0.717, 1.165) is 25.7 Å². The summed E-state index contributed by atoms with van der Waals surface area (Å²) >= 11 is 0. The maximum atomic E-state index is 10.9. The molecule has 0 aliphatic heterocycles. The van der Waals surface area contributed by atoms with Crippen LogP contribution in [0, 0.1) is 11.8 Å². The van der Waals surface area contributed by atoms with Crippen molar-refractivity contribution in [1.29, 1.82) is 0 Å². The van der Waals surface area contributed by atoms with Crippen LogP contribution in [-0.4, -0.2) is 22.3 Å². The topological polar surface area (TPSA) is 57.5 Å². The van der Waals surface area contributed by atoms with E-state index in [2.05, 4.69) is 6.92 Å². The molecule has 0 saturated heterocycles. The Kier molecular flexibility index (Phi) is 3.38. The molecule has 2 aliphatic rings. The summed E-state index contributed by atoms with van der Waals surface area (Å²) in [6, 6.07) is 0. The summed E-state index contributed by atoms with van der Waals surface area (Å²) in [5, 5.41) is 19.0. The third kappa shape index (κ3) is 2.29. The Morgan fingerprint density at radius 2 is 2.06 bits per heavy atom. The number of carboxylic acid groups (broad SMARTS) is 1. The van der Waals surface area contributed by atoms with E-state index in [1.54, 1.807) is 6.92 Å². The average Bonchev–Trinajstić information content (AvgIpc) is 2.66. The highest BCUT2D eigenvalue weighted by atomic mass is 16.4. The summed E-state index contributed by atoms with van der Waals surface area (Å²) in [6.45, 7) is 3.78. The molecule has 1 fully saturated rings. The van der Waals surface area contributed by atoms with Crippen LogP contribution in [0.15, 0.2) is 22.8 Å². The molecule has 94 valence electrons. The summed E-state index contributed by atoms with van der Waals surface area (Å²) in [4.78, 5) is 10.9. The number of carbonyl (C=O) groups is 1. The van der Waals surface area contributed by atoms with Gasteiger partial charge in [0.15, 0.2) is 0 Å². The first kappa shape index (κ1) is 12.4. The van der Waals surface area contributed by atoms with Crippen LogP contribution in [-0.2, 0) is 4.79 Å². The van der Waals surface area contributed by atoms with Crippen LogP contribution in [0.5, 0.6) is 0 Å². The fraction of sp³-hybridized carbons (Fsp3) is 0.643. The Labute approximate surface area is 102 Å². The maximum absolute atomic E-state index is 10.9. The van der Waals surface area contributed by atoms with Crippen LogP contribution in [0.2, 0.25) is 0 Å². The van der Waals surface area contributed by atoms with Gasteiger partial charge in [0.1, 0.15) is 0 Å². The molecule has 2 rings (SSSR count). The van der Waals surface area contributed by atoms with Gasteiger partial charge >= 0.3 is 5.97 Å². The Hall–Kier alpha value is -1.09. The molecular formula is C14H20O3. The van der Waals surface area contributed by atoms with Crippen LogP contribution >= 0.6 is 0 Å². The zero-order chi connectivity index (χ0) is 12.6. The van der Waals surface area contributed by atoms with Crippen molar-refractivity contribution in [3.8, 4) is 0 Å². The quantitative estimate of drug-likeness (QED) is 0.572. The second-order valence-electron chi connectivity index (χ2n) is 5.29. The van der Waals surface area contributed by atoms with Gasteiger partial charge in [-0.15, -0.1) is 0 Å². The predicted molar refractivity (Wildman–Crippen MR) is 65.5 cm³/mol. The number of allylic oxidation sites excluding steroid dienone is 2. The van der Waals surface area contributed by atoms with Gasteiger partial charge in [-0.05, 0) is 45.4 Å². The van der Waals surface area contributed by atoms with Crippen molar-refractivity contribution in [2.75, 3.05) is 0 Å². The fourth-order valence-electron chi connectivity index (χ4n) is 3.23. The lowest BCUT2D eigenvalue weighted by Gasteiger charge is -2.31. The summed E-state index contributed by atoms with van der Waals surface area (Å²) < 4.78 is 0. The lowest BCUT2D eigenvalue weighted by molar-refractivity contribution is -0.132. The van der Waals surface area contributed by atoms with E-state index in [4.69, 9.17) is 5.11 Å². The first-order valence-corrected chi connectivity index (χ1v) is 6.29. The predicted octanol–water partition coefficient (Wildman–Crippen LogP) is 2.51. The van der Waals surface area contributed by atoms with Gasteiger partial charge in [-0.25, -0.2) is 4.79 Å². The van der Waals surface area contributed by atoms with Gasteiger partial charge < -0.3 is 10.2 Å². The Morgan fingerprint density at radius 1 is 1.35 bits per heavy atom. The molecule has 0 bridgehead atoms. The molecular weight excluding hydrogens is 216 g/mol. The highest BCUT2D eigenvalue weighted by Gasteiger charge is 2.38. The van der Waals surface area contributed by atoms with E-state index in [1.165, 1.54) is 11.1 Å². The van der Waals surface area contributed by atoms with E-state index < -0.39 is 5.97 Å². The van der Waals surface area contributed by atoms with Gasteiger partial charge in [-0.2, -0.15) is 0 Å². The van der Waals surface area contributed by atoms with Gasteiger partial charge in [-0.3, -0.25) is 0 Å². The number of hydrogen-bond acceptors (Lipinski definition) is 2. The summed E-state index contributed by atoms with van der Waals surface area (Å²) in [5.41, 5.74) is 3.18. The SMILES string of the molecule is CC1=C2CC[C@H](O)[C@@H]2[C@H](/C=C(\C)C(=O)O)CC1. The van der Waals surface area contributed by atoms with Gasteiger partial charge in [0, 0.05) is 11.5 Å². The molecule has 17 heavy (non-hydrogen) atoms. The van der Waals surface area contributed by atoms with Crippen molar-refractivity contribution in [1.82, 2.24) is 0 Å². The van der Waals surface area contributed by atoms with E-state index in [9.17, 15) is 9.90 Å². The Balaban J connectivity index is 2.26. The minimum Gasteiger partial charge on any atom is -0.478 e. The smallest absolute Gasteiger partial charge is 0.330 e. The van der Waals surface area contributed by atoms with Crippen LogP contribution < -0.4 is 0 Å². The number of carboxylic acids is 1. The zero-order valence-electron chi connectivity index (χ0n) is 10.4. The molecule has 2 aliphatic carbocycles. The largest absolute Gasteiger partial charge is 0.478 e. The average molecular weight is 236 g/mol. The van der Waals surface area contributed by atoms with Crippen LogP contribution in [0.25, 0.3) is 0 Å². The molecule has 3 nitrogen and oxygen atoms in total. The summed E-state index contributed by atoms with van der Waals surface area (Å²) in [6.07, 6.45) is 5.35. The second-order valence-corrected chi connectivity index (χ2v) is 5.29. The van der Waals surface area contributed by atoms with E-state index in [0.29, 0.717) is 5.57 Å². The number of aliphatic hydroxyl groups is 1. The summed E-state index contributed by atoms with van der Waals surface area (Å²) in [7, 11) is 0. The van der Waals surface area contributed by atoms with E-state index >= 15 is 0 Å². The molecule has 0 aromatic carbocycles. The standard InChI is InChI=1S/C14H20O3/c1-8-3-4-10(7-9(2)14(16)17)13-11(8)5-6-12(13)15/h7,10,12-13,15H,3-6H2,1-2H3,(H,16,17)/b9-7+/t10-,12-,13+/m0/s1. The normalized spacial score (nSPS) is 33.8. The number of aliphatic hydroxyl groups excluding tert-OH is 1. The van der Waals surface area contributed by atoms with Crippen LogP contribution in [0.4, 0.5) is 0 Å². The van der Waals surface area contributed by atoms with Gasteiger partial charge in [0.25, 0.3) is 0 Å². The number of aliphatic carboxylic acids is 1. The lowest BCUT2D eigenvalue weighted by Crippen LogP contribution is -2.26. The molecule has 0 aromatic rings. The van der Waals surface area contributed by atoms with E-state index in [-0.39, 0.29) is 17.9 Å². The monoisotopic (exact) mass is 236 g/mol. The van der Waals surface area contributed by atoms with Gasteiger partial charge in [-0.1, -0.05) is 17.2 Å². The van der Waals surface area contributed by atoms with Crippen molar-refractivity contribution in [3.63, 3.8) is 0 Å². The third-order valence-electron chi connectivity index (χ3n) is 4.19. The highest BCUT2D eigenvalue weighted by molar-refractivity contribution is 5.85. The van der Waals surface area contributed by atoms with Crippen LogP contribution in [0.1, 0.15) is 39.5 Å². The molecule has 0 spiro atoms. The van der Waals surface area contributed by atoms with Gasteiger partial charge in [0.05, 0.1) is 6.10 Å². The Morgan fingerprint density at radius 3 is 2.71 bits per heavy atom. The molecule has 0 radical (unpaired) electrons. The second kappa shape index (κ2) is 4.65. The molecule has 0 heterocycles. The minimum atomic E-state index is -0.856. The fourth-order valence-corrected chi connectivity index (χ4v) is 3.23. The molecule has 3 heteroatoms. The minimum absolute atomic E-state index is 0.165. The number of rotatable bonds is 2.